The number of benzene rings is 2. The van der Waals surface area contributed by atoms with Crippen LogP contribution >= 0.6 is 0 Å². The fourth-order valence-electron chi connectivity index (χ4n) is 2.74. The zero-order valence-corrected chi connectivity index (χ0v) is 17.1. The zero-order valence-electron chi connectivity index (χ0n) is 17.1. The van der Waals surface area contributed by atoms with E-state index in [9.17, 15) is 5.11 Å². The molecule has 26 heavy (non-hydrogen) atoms. The van der Waals surface area contributed by atoms with Crippen LogP contribution in [0.15, 0.2) is 41.4 Å². The van der Waals surface area contributed by atoms with Gasteiger partial charge in [0.2, 0.25) is 0 Å². The van der Waals surface area contributed by atoms with Crippen LogP contribution in [0.3, 0.4) is 0 Å². The van der Waals surface area contributed by atoms with Gasteiger partial charge in [-0.15, -0.1) is 0 Å². The maximum Gasteiger partial charge on any atom is 0.144 e. The van der Waals surface area contributed by atoms with Crippen LogP contribution in [0.4, 0.5) is 5.69 Å². The number of phenolic OH excluding ortho intramolecular Hbond substituents is 1. The Morgan fingerprint density at radius 1 is 1.00 bits per heavy atom. The van der Waals surface area contributed by atoms with Crippen molar-refractivity contribution in [3.8, 4) is 11.5 Å². The van der Waals surface area contributed by atoms with E-state index < -0.39 is 0 Å². The number of nitrogens with zero attached hydrogens (tertiary/aromatic N) is 1. The van der Waals surface area contributed by atoms with Crippen LogP contribution in [0.1, 0.15) is 65.2 Å². The van der Waals surface area contributed by atoms with Crippen molar-refractivity contribution in [1.29, 1.82) is 0 Å². The van der Waals surface area contributed by atoms with Gasteiger partial charge in [-0.2, -0.15) is 0 Å². The van der Waals surface area contributed by atoms with Gasteiger partial charge in [0.25, 0.3) is 0 Å². The Bertz CT molecular complexity index is 793. The third kappa shape index (κ3) is 4.66. The number of para-hydroxylation sites is 2. The molecular formula is C23H31NO2. The molecule has 140 valence electrons. The first kappa shape index (κ1) is 20.0. The first-order chi connectivity index (χ1) is 12.0. The fourth-order valence-corrected chi connectivity index (χ4v) is 2.74. The summed E-state index contributed by atoms with van der Waals surface area (Å²) in [7, 11) is 0. The SMILES string of the molecule is CCOc1ccccc1N=Cc1cc(C(C)(C)C)cc(C(C)(C)C)c1O. The van der Waals surface area contributed by atoms with E-state index in [1.165, 1.54) is 5.56 Å². The van der Waals surface area contributed by atoms with Crippen molar-refractivity contribution < 1.29 is 9.84 Å². The van der Waals surface area contributed by atoms with Gasteiger partial charge >= 0.3 is 0 Å². The van der Waals surface area contributed by atoms with Crippen molar-refractivity contribution in [3.63, 3.8) is 0 Å². The standard InChI is InChI=1S/C23H31NO2/c1-8-26-20-12-10-9-11-19(20)24-15-16-13-17(22(2,3)4)14-18(21(16)25)23(5,6)7/h9-15,25H,8H2,1-7H3. The Hall–Kier alpha value is -2.29. The Kier molecular flexibility index (Phi) is 5.80. The average Bonchev–Trinajstić information content (AvgIpc) is 2.53. The van der Waals surface area contributed by atoms with E-state index in [0.29, 0.717) is 12.4 Å². The number of hydrogen-bond acceptors (Lipinski definition) is 3. The molecule has 0 aliphatic heterocycles. The summed E-state index contributed by atoms with van der Waals surface area (Å²) in [6, 6.07) is 11.8. The quantitative estimate of drug-likeness (QED) is 0.671. The molecule has 0 aromatic heterocycles. The van der Waals surface area contributed by atoms with Crippen LogP contribution in [-0.4, -0.2) is 17.9 Å². The minimum Gasteiger partial charge on any atom is -0.507 e. The predicted octanol–water partition coefficient (Wildman–Crippen LogP) is 6.14. The molecule has 2 aromatic rings. The largest absolute Gasteiger partial charge is 0.507 e. The summed E-state index contributed by atoms with van der Waals surface area (Å²) in [6.45, 7) is 15.4. The molecule has 0 unspecified atom stereocenters. The monoisotopic (exact) mass is 353 g/mol. The third-order valence-electron chi connectivity index (χ3n) is 4.32. The lowest BCUT2D eigenvalue weighted by atomic mass is 9.79. The summed E-state index contributed by atoms with van der Waals surface area (Å²) in [5, 5.41) is 10.8. The molecule has 0 saturated heterocycles. The van der Waals surface area contributed by atoms with Gasteiger partial charge in [0.05, 0.1) is 6.61 Å². The summed E-state index contributed by atoms with van der Waals surface area (Å²) < 4.78 is 5.64. The van der Waals surface area contributed by atoms with Crippen LogP contribution in [0, 0.1) is 0 Å². The molecule has 1 N–H and O–H groups in total. The van der Waals surface area contributed by atoms with Crippen molar-refractivity contribution in [2.45, 2.75) is 59.3 Å². The molecule has 0 spiro atoms. The molecular weight excluding hydrogens is 322 g/mol. The highest BCUT2D eigenvalue weighted by molar-refractivity contribution is 5.87. The van der Waals surface area contributed by atoms with E-state index in [1.54, 1.807) is 6.21 Å². The number of rotatable bonds is 4. The van der Waals surface area contributed by atoms with Gasteiger partial charge in [-0.05, 0) is 41.5 Å². The molecule has 0 fully saturated rings. The molecule has 2 aromatic carbocycles. The first-order valence-corrected chi connectivity index (χ1v) is 9.18. The summed E-state index contributed by atoms with van der Waals surface area (Å²) >= 11 is 0. The van der Waals surface area contributed by atoms with Gasteiger partial charge in [-0.3, -0.25) is 4.99 Å². The van der Waals surface area contributed by atoms with Crippen LogP contribution < -0.4 is 4.74 Å². The van der Waals surface area contributed by atoms with E-state index in [-0.39, 0.29) is 10.8 Å². The first-order valence-electron chi connectivity index (χ1n) is 9.18. The average molecular weight is 354 g/mol. The molecule has 0 aliphatic carbocycles. The third-order valence-corrected chi connectivity index (χ3v) is 4.32. The second-order valence-corrected chi connectivity index (χ2v) is 8.62. The normalized spacial score (nSPS) is 12.6. The van der Waals surface area contributed by atoms with Crippen LogP contribution in [0.2, 0.25) is 0 Å². The zero-order chi connectivity index (χ0) is 19.5. The minimum atomic E-state index is -0.156. The van der Waals surface area contributed by atoms with Crippen LogP contribution in [-0.2, 0) is 10.8 Å². The summed E-state index contributed by atoms with van der Waals surface area (Å²) in [5.74, 6) is 1.04. The molecule has 0 saturated carbocycles. The lowest BCUT2D eigenvalue weighted by molar-refractivity contribution is 0.341. The van der Waals surface area contributed by atoms with E-state index in [4.69, 9.17) is 4.74 Å². The van der Waals surface area contributed by atoms with E-state index in [0.717, 1.165) is 22.6 Å². The molecule has 2 rings (SSSR count). The van der Waals surface area contributed by atoms with Crippen LogP contribution in [0.5, 0.6) is 11.5 Å². The Labute approximate surface area is 157 Å². The highest BCUT2D eigenvalue weighted by Crippen LogP contribution is 2.37. The molecule has 3 heteroatoms. The summed E-state index contributed by atoms with van der Waals surface area (Å²) in [4.78, 5) is 4.59. The van der Waals surface area contributed by atoms with E-state index >= 15 is 0 Å². The fraction of sp³-hybridized carbons (Fsp3) is 0.435. The van der Waals surface area contributed by atoms with Gasteiger partial charge in [-0.25, -0.2) is 0 Å². The van der Waals surface area contributed by atoms with Crippen molar-refractivity contribution in [3.05, 3.63) is 53.1 Å². The molecule has 0 aliphatic rings. The maximum absolute atomic E-state index is 10.8. The molecule has 3 nitrogen and oxygen atoms in total. The Morgan fingerprint density at radius 2 is 1.65 bits per heavy atom. The number of hydrogen-bond donors (Lipinski definition) is 1. The topological polar surface area (TPSA) is 41.8 Å². The Morgan fingerprint density at radius 3 is 2.23 bits per heavy atom. The van der Waals surface area contributed by atoms with Crippen LogP contribution in [0.25, 0.3) is 0 Å². The van der Waals surface area contributed by atoms with Crippen molar-refractivity contribution >= 4 is 11.9 Å². The lowest BCUT2D eigenvalue weighted by Crippen LogP contribution is -2.17. The maximum atomic E-state index is 10.8. The molecule has 0 radical (unpaired) electrons. The number of ether oxygens (including phenoxy) is 1. The Balaban J connectivity index is 2.56. The molecule has 0 amide bonds. The van der Waals surface area contributed by atoms with Gasteiger partial charge in [-0.1, -0.05) is 59.7 Å². The lowest BCUT2D eigenvalue weighted by Gasteiger charge is -2.27. The van der Waals surface area contributed by atoms with Crippen molar-refractivity contribution in [1.82, 2.24) is 0 Å². The highest BCUT2D eigenvalue weighted by atomic mass is 16.5. The summed E-state index contributed by atoms with van der Waals surface area (Å²) in [5.41, 5.74) is 3.43. The van der Waals surface area contributed by atoms with E-state index in [2.05, 4.69) is 52.6 Å². The highest BCUT2D eigenvalue weighted by Gasteiger charge is 2.24. The number of aliphatic imine (C=N–C) groups is 1. The second kappa shape index (κ2) is 7.53. The molecule has 0 atom stereocenters. The van der Waals surface area contributed by atoms with Gasteiger partial charge in [0.1, 0.15) is 17.2 Å². The molecule has 0 heterocycles. The number of aromatic hydroxyl groups is 1. The van der Waals surface area contributed by atoms with E-state index in [1.807, 2.05) is 37.3 Å². The van der Waals surface area contributed by atoms with Gasteiger partial charge < -0.3 is 9.84 Å². The van der Waals surface area contributed by atoms with Crippen molar-refractivity contribution in [2.24, 2.45) is 4.99 Å². The van der Waals surface area contributed by atoms with Gasteiger partial charge in [0, 0.05) is 17.3 Å². The predicted molar refractivity (Wildman–Crippen MR) is 110 cm³/mol. The number of phenols is 1. The molecule has 0 bridgehead atoms. The van der Waals surface area contributed by atoms with Gasteiger partial charge in [0.15, 0.2) is 0 Å². The summed E-state index contributed by atoms with van der Waals surface area (Å²) in [6.07, 6.45) is 1.73. The smallest absolute Gasteiger partial charge is 0.144 e. The second-order valence-electron chi connectivity index (χ2n) is 8.62. The minimum absolute atomic E-state index is 0.0144. The van der Waals surface area contributed by atoms with Crippen molar-refractivity contribution in [2.75, 3.05) is 6.61 Å².